The zero-order valence-corrected chi connectivity index (χ0v) is 14.4. The normalized spacial score (nSPS) is 11.0. The molecular weight excluding hydrogens is 309 g/mol. The van der Waals surface area contributed by atoms with E-state index in [1.54, 1.807) is 7.11 Å². The van der Waals surface area contributed by atoms with Gasteiger partial charge in [0.25, 0.3) is 5.91 Å². The van der Waals surface area contributed by atoms with E-state index < -0.39 is 0 Å². The third-order valence-electron chi connectivity index (χ3n) is 3.52. The number of rotatable bonds is 5. The maximum absolute atomic E-state index is 12.8. The highest BCUT2D eigenvalue weighted by Crippen LogP contribution is 2.31. The van der Waals surface area contributed by atoms with Gasteiger partial charge in [-0.2, -0.15) is 0 Å². The molecule has 24 heavy (non-hydrogen) atoms. The molecule has 0 aromatic heterocycles. The minimum absolute atomic E-state index is 0.0453. The average Bonchev–Trinajstić information content (AvgIpc) is 2.53. The summed E-state index contributed by atoms with van der Waals surface area (Å²) in [5, 5.41) is 2.79. The van der Waals surface area contributed by atoms with E-state index >= 15 is 0 Å². The molecule has 2 aromatic rings. The highest BCUT2D eigenvalue weighted by Gasteiger charge is 2.17. The van der Waals surface area contributed by atoms with Crippen LogP contribution in [0.4, 0.5) is 10.1 Å². The second kappa shape index (κ2) is 7.34. The van der Waals surface area contributed by atoms with Gasteiger partial charge in [-0.15, -0.1) is 0 Å². The topological polar surface area (TPSA) is 47.6 Å². The number of nitrogens with one attached hydrogen (secondary N) is 1. The molecule has 128 valence electrons. The van der Waals surface area contributed by atoms with Crippen LogP contribution in [0.3, 0.4) is 0 Å². The summed E-state index contributed by atoms with van der Waals surface area (Å²) in [6.45, 7) is 6.11. The van der Waals surface area contributed by atoms with Crippen LogP contribution in [0.15, 0.2) is 42.5 Å². The van der Waals surface area contributed by atoms with Crippen LogP contribution in [0.2, 0.25) is 0 Å². The van der Waals surface area contributed by atoms with E-state index in [0.29, 0.717) is 17.2 Å². The molecule has 0 bridgehead atoms. The number of methoxy groups -OCH3 is 1. The fraction of sp³-hybridized carbons (Fsp3) is 0.316. The molecule has 0 radical (unpaired) electrons. The third-order valence-corrected chi connectivity index (χ3v) is 3.52. The molecule has 2 aromatic carbocycles. The van der Waals surface area contributed by atoms with Gasteiger partial charge in [-0.3, -0.25) is 4.79 Å². The summed E-state index contributed by atoms with van der Waals surface area (Å²) >= 11 is 0. The number of amides is 1. The van der Waals surface area contributed by atoms with Crippen molar-refractivity contribution in [2.24, 2.45) is 0 Å². The van der Waals surface area contributed by atoms with E-state index in [1.807, 2.05) is 18.2 Å². The summed E-state index contributed by atoms with van der Waals surface area (Å²) in [5.74, 6) is 0.347. The van der Waals surface area contributed by atoms with Gasteiger partial charge >= 0.3 is 0 Å². The number of hydrogen-bond acceptors (Lipinski definition) is 3. The van der Waals surface area contributed by atoms with Crippen LogP contribution < -0.4 is 14.8 Å². The molecule has 4 nitrogen and oxygen atoms in total. The van der Waals surface area contributed by atoms with Crippen LogP contribution in [0.25, 0.3) is 0 Å². The summed E-state index contributed by atoms with van der Waals surface area (Å²) in [6, 6.07) is 11.2. The van der Waals surface area contributed by atoms with Gasteiger partial charge in [-0.25, -0.2) is 4.39 Å². The monoisotopic (exact) mass is 331 g/mol. The van der Waals surface area contributed by atoms with Crippen molar-refractivity contribution in [3.8, 4) is 11.5 Å². The molecule has 0 aliphatic carbocycles. The predicted octanol–water partition coefficient (Wildman–Crippen LogP) is 4.15. The van der Waals surface area contributed by atoms with Gasteiger partial charge in [0, 0.05) is 0 Å². The van der Waals surface area contributed by atoms with Crippen molar-refractivity contribution in [3.63, 3.8) is 0 Å². The van der Waals surface area contributed by atoms with Crippen molar-refractivity contribution in [3.05, 3.63) is 53.8 Å². The Morgan fingerprint density at radius 1 is 1.12 bits per heavy atom. The van der Waals surface area contributed by atoms with Gasteiger partial charge in [0.1, 0.15) is 17.3 Å². The Kier molecular flexibility index (Phi) is 5.44. The lowest BCUT2D eigenvalue weighted by Gasteiger charge is -2.21. The zero-order valence-electron chi connectivity index (χ0n) is 14.4. The molecule has 1 amide bonds. The second-order valence-electron chi connectivity index (χ2n) is 6.46. The Balaban J connectivity index is 2.05. The number of halogens is 1. The molecule has 0 saturated heterocycles. The summed E-state index contributed by atoms with van der Waals surface area (Å²) < 4.78 is 23.5. The van der Waals surface area contributed by atoms with E-state index in [1.165, 1.54) is 24.3 Å². The number of hydrogen-bond donors (Lipinski definition) is 1. The minimum atomic E-state index is -0.351. The molecule has 0 atom stereocenters. The lowest BCUT2D eigenvalue weighted by Crippen LogP contribution is -2.21. The first kappa shape index (κ1) is 17.8. The molecular formula is C19H22FNO3. The van der Waals surface area contributed by atoms with Crippen molar-refractivity contribution in [2.75, 3.05) is 19.0 Å². The van der Waals surface area contributed by atoms with Crippen LogP contribution in [0, 0.1) is 5.82 Å². The average molecular weight is 331 g/mol. The van der Waals surface area contributed by atoms with Crippen molar-refractivity contribution < 1.29 is 18.7 Å². The quantitative estimate of drug-likeness (QED) is 0.895. The van der Waals surface area contributed by atoms with E-state index in [4.69, 9.17) is 9.47 Å². The number of anilines is 1. The largest absolute Gasteiger partial charge is 0.495 e. The molecule has 0 saturated carbocycles. The van der Waals surface area contributed by atoms with E-state index in [0.717, 1.165) is 5.56 Å². The number of benzene rings is 2. The Morgan fingerprint density at radius 3 is 2.38 bits per heavy atom. The molecule has 0 heterocycles. The van der Waals surface area contributed by atoms with Gasteiger partial charge in [0.2, 0.25) is 0 Å². The van der Waals surface area contributed by atoms with Crippen molar-refractivity contribution in [1.82, 2.24) is 0 Å². The summed E-state index contributed by atoms with van der Waals surface area (Å²) in [5.41, 5.74) is 1.63. The summed E-state index contributed by atoms with van der Waals surface area (Å²) in [7, 11) is 1.55. The Labute approximate surface area is 141 Å². The van der Waals surface area contributed by atoms with Gasteiger partial charge in [0.15, 0.2) is 6.61 Å². The first-order valence-corrected chi connectivity index (χ1v) is 7.66. The lowest BCUT2D eigenvalue weighted by atomic mass is 9.87. The lowest BCUT2D eigenvalue weighted by molar-refractivity contribution is -0.118. The molecule has 0 aliphatic rings. The minimum Gasteiger partial charge on any atom is -0.495 e. The Hall–Kier alpha value is -2.56. The van der Waals surface area contributed by atoms with Crippen LogP contribution in [-0.4, -0.2) is 19.6 Å². The molecule has 2 rings (SSSR count). The zero-order chi connectivity index (χ0) is 17.7. The molecule has 0 spiro atoms. The SMILES string of the molecule is COc1ccc(C(C)(C)C)cc1NC(=O)COc1ccc(F)cc1. The first-order valence-electron chi connectivity index (χ1n) is 7.66. The van der Waals surface area contributed by atoms with E-state index in [9.17, 15) is 9.18 Å². The van der Waals surface area contributed by atoms with Gasteiger partial charge in [0.05, 0.1) is 12.8 Å². The molecule has 5 heteroatoms. The fourth-order valence-corrected chi connectivity index (χ4v) is 2.14. The van der Waals surface area contributed by atoms with Crippen molar-refractivity contribution in [2.45, 2.75) is 26.2 Å². The third kappa shape index (κ3) is 4.72. The summed E-state index contributed by atoms with van der Waals surface area (Å²) in [4.78, 5) is 12.1. The van der Waals surface area contributed by atoms with E-state index in [-0.39, 0.29) is 23.7 Å². The standard InChI is InChI=1S/C19H22FNO3/c1-19(2,3)13-5-10-17(23-4)16(11-13)21-18(22)12-24-15-8-6-14(20)7-9-15/h5-11H,12H2,1-4H3,(H,21,22). The molecule has 0 unspecified atom stereocenters. The van der Waals surface area contributed by atoms with Crippen LogP contribution in [0.1, 0.15) is 26.3 Å². The maximum Gasteiger partial charge on any atom is 0.262 e. The van der Waals surface area contributed by atoms with Gasteiger partial charge in [-0.05, 0) is 47.4 Å². The Bertz CT molecular complexity index is 706. The Morgan fingerprint density at radius 2 is 1.79 bits per heavy atom. The number of carbonyl (C=O) groups excluding carboxylic acids is 1. The molecule has 0 fully saturated rings. The van der Waals surface area contributed by atoms with Gasteiger partial charge in [-0.1, -0.05) is 26.8 Å². The van der Waals surface area contributed by atoms with Crippen molar-refractivity contribution in [1.29, 1.82) is 0 Å². The predicted molar refractivity (Wildman–Crippen MR) is 92.2 cm³/mol. The summed E-state index contributed by atoms with van der Waals surface area (Å²) in [6.07, 6.45) is 0. The number of ether oxygens (including phenoxy) is 2. The van der Waals surface area contributed by atoms with Crippen LogP contribution in [-0.2, 0) is 10.2 Å². The number of carbonyl (C=O) groups is 1. The van der Waals surface area contributed by atoms with Crippen LogP contribution in [0.5, 0.6) is 11.5 Å². The highest BCUT2D eigenvalue weighted by atomic mass is 19.1. The highest BCUT2D eigenvalue weighted by molar-refractivity contribution is 5.93. The molecule has 1 N–H and O–H groups in total. The maximum atomic E-state index is 12.8. The van der Waals surface area contributed by atoms with Crippen LogP contribution >= 0.6 is 0 Å². The molecule has 0 aliphatic heterocycles. The fourth-order valence-electron chi connectivity index (χ4n) is 2.14. The van der Waals surface area contributed by atoms with Crippen molar-refractivity contribution >= 4 is 11.6 Å². The van der Waals surface area contributed by atoms with E-state index in [2.05, 4.69) is 26.1 Å². The van der Waals surface area contributed by atoms with Gasteiger partial charge < -0.3 is 14.8 Å². The smallest absolute Gasteiger partial charge is 0.262 e. The second-order valence-corrected chi connectivity index (χ2v) is 6.46. The first-order chi connectivity index (χ1) is 11.3.